The fourth-order valence-electron chi connectivity index (χ4n) is 3.60. The first-order valence-electron chi connectivity index (χ1n) is 10.4. The van der Waals surface area contributed by atoms with E-state index in [9.17, 15) is 0 Å². The van der Waals surface area contributed by atoms with Crippen molar-refractivity contribution in [3.63, 3.8) is 0 Å². The largest absolute Gasteiger partial charge is 0.379 e. The Bertz CT molecular complexity index is 723. The first-order valence-corrected chi connectivity index (χ1v) is 10.4. The zero-order chi connectivity index (χ0) is 19.8. The smallest absolute Gasteiger partial charge is 0.191 e. The van der Waals surface area contributed by atoms with Crippen molar-refractivity contribution in [1.82, 2.24) is 24.9 Å². The van der Waals surface area contributed by atoms with Gasteiger partial charge in [0.2, 0.25) is 0 Å². The van der Waals surface area contributed by atoms with Gasteiger partial charge in [-0.3, -0.25) is 9.89 Å². The Balaban J connectivity index is 0.00000300. The quantitative estimate of drug-likeness (QED) is 0.322. The monoisotopic (exact) mass is 514 g/mol. The standard InChI is InChI=1S/C21H34N6O.HI/c1-4-22-21(24-15-19(17(2)3)26-11-13-28-14-12-26)23-9-8-18-16-27-10-6-5-7-20(27)25-18;/h5-7,10,16-17,19H,4,8-9,11-15H2,1-3H3,(H2,22,23,24);1H. The van der Waals surface area contributed by atoms with Crippen LogP contribution < -0.4 is 10.6 Å². The van der Waals surface area contributed by atoms with Crippen molar-refractivity contribution in [2.45, 2.75) is 33.2 Å². The highest BCUT2D eigenvalue weighted by molar-refractivity contribution is 14.0. The number of rotatable bonds is 8. The second kappa shape index (κ2) is 12.3. The highest BCUT2D eigenvalue weighted by Gasteiger charge is 2.23. The second-order valence-corrected chi connectivity index (χ2v) is 7.55. The lowest BCUT2D eigenvalue weighted by atomic mass is 10.0. The molecule has 2 N–H and O–H groups in total. The lowest BCUT2D eigenvalue weighted by Gasteiger charge is -2.36. The Hall–Kier alpha value is -1.39. The molecule has 3 rings (SSSR count). The third-order valence-corrected chi connectivity index (χ3v) is 5.15. The second-order valence-electron chi connectivity index (χ2n) is 7.55. The highest BCUT2D eigenvalue weighted by Crippen LogP contribution is 2.13. The van der Waals surface area contributed by atoms with Gasteiger partial charge in [0.15, 0.2) is 5.96 Å². The molecule has 3 heterocycles. The van der Waals surface area contributed by atoms with E-state index in [4.69, 9.17) is 9.73 Å². The number of nitrogens with zero attached hydrogens (tertiary/aromatic N) is 4. The Morgan fingerprint density at radius 1 is 1.24 bits per heavy atom. The summed E-state index contributed by atoms with van der Waals surface area (Å²) in [6, 6.07) is 6.50. The van der Waals surface area contributed by atoms with Gasteiger partial charge in [-0.15, -0.1) is 24.0 Å². The van der Waals surface area contributed by atoms with Crippen LogP contribution >= 0.6 is 24.0 Å². The van der Waals surface area contributed by atoms with Gasteiger partial charge in [0.1, 0.15) is 5.65 Å². The van der Waals surface area contributed by atoms with Crippen molar-refractivity contribution < 1.29 is 4.74 Å². The summed E-state index contributed by atoms with van der Waals surface area (Å²) in [5, 5.41) is 6.82. The fourth-order valence-corrected chi connectivity index (χ4v) is 3.60. The van der Waals surface area contributed by atoms with Crippen LogP contribution in [0, 0.1) is 5.92 Å². The lowest BCUT2D eigenvalue weighted by Crippen LogP contribution is -2.48. The van der Waals surface area contributed by atoms with Gasteiger partial charge < -0.3 is 19.8 Å². The summed E-state index contributed by atoms with van der Waals surface area (Å²) in [7, 11) is 0. The molecule has 1 saturated heterocycles. The summed E-state index contributed by atoms with van der Waals surface area (Å²) in [5.41, 5.74) is 2.08. The molecule has 2 aromatic rings. The van der Waals surface area contributed by atoms with Crippen LogP contribution in [0.5, 0.6) is 0 Å². The number of aliphatic imine (C=N–C) groups is 1. The van der Waals surface area contributed by atoms with Crippen LogP contribution in [-0.2, 0) is 11.2 Å². The fraction of sp³-hybridized carbons (Fsp3) is 0.619. The summed E-state index contributed by atoms with van der Waals surface area (Å²) in [5.74, 6) is 1.44. The zero-order valence-corrected chi connectivity index (χ0v) is 20.1. The minimum atomic E-state index is 0. The van der Waals surface area contributed by atoms with Crippen molar-refractivity contribution in [2.75, 3.05) is 45.9 Å². The maximum atomic E-state index is 5.50. The van der Waals surface area contributed by atoms with E-state index in [0.29, 0.717) is 12.0 Å². The van der Waals surface area contributed by atoms with E-state index in [2.05, 4.69) is 51.9 Å². The summed E-state index contributed by atoms with van der Waals surface area (Å²) in [4.78, 5) is 12.0. The number of hydrogen-bond donors (Lipinski definition) is 2. The number of fused-ring (bicyclic) bond motifs is 1. The third-order valence-electron chi connectivity index (χ3n) is 5.15. The van der Waals surface area contributed by atoms with E-state index in [-0.39, 0.29) is 24.0 Å². The molecule has 29 heavy (non-hydrogen) atoms. The van der Waals surface area contributed by atoms with Crippen molar-refractivity contribution in [3.8, 4) is 0 Å². The molecule has 2 aromatic heterocycles. The molecule has 0 spiro atoms. The van der Waals surface area contributed by atoms with Gasteiger partial charge >= 0.3 is 0 Å². The molecule has 0 saturated carbocycles. The van der Waals surface area contributed by atoms with Gasteiger partial charge in [0, 0.05) is 51.0 Å². The van der Waals surface area contributed by atoms with Gasteiger partial charge in [0.25, 0.3) is 0 Å². The normalized spacial score (nSPS) is 16.6. The van der Waals surface area contributed by atoms with Gasteiger partial charge in [-0.25, -0.2) is 4.98 Å². The molecule has 0 aliphatic carbocycles. The molecule has 1 fully saturated rings. The lowest BCUT2D eigenvalue weighted by molar-refractivity contribution is 0.00867. The van der Waals surface area contributed by atoms with E-state index in [1.54, 1.807) is 0 Å². The number of pyridine rings is 1. The molecule has 0 amide bonds. The van der Waals surface area contributed by atoms with Gasteiger partial charge in [-0.1, -0.05) is 19.9 Å². The van der Waals surface area contributed by atoms with Gasteiger partial charge in [0.05, 0.1) is 25.5 Å². The maximum absolute atomic E-state index is 5.50. The highest BCUT2D eigenvalue weighted by atomic mass is 127. The molecule has 7 nitrogen and oxygen atoms in total. The predicted octanol–water partition coefficient (Wildman–Crippen LogP) is 2.41. The number of imidazole rings is 1. The first-order chi connectivity index (χ1) is 13.7. The van der Waals surface area contributed by atoms with Crippen molar-refractivity contribution >= 4 is 35.6 Å². The molecule has 1 unspecified atom stereocenters. The topological polar surface area (TPSA) is 66.2 Å². The van der Waals surface area contributed by atoms with Crippen molar-refractivity contribution in [3.05, 3.63) is 36.3 Å². The molecule has 1 atom stereocenters. The molecule has 8 heteroatoms. The van der Waals surface area contributed by atoms with Crippen LogP contribution in [0.4, 0.5) is 0 Å². The number of ether oxygens (including phenoxy) is 1. The summed E-state index contributed by atoms with van der Waals surface area (Å²) >= 11 is 0. The van der Waals surface area contributed by atoms with E-state index in [1.807, 2.05) is 24.4 Å². The zero-order valence-electron chi connectivity index (χ0n) is 17.8. The van der Waals surface area contributed by atoms with Crippen LogP contribution in [0.15, 0.2) is 35.6 Å². The SMILES string of the molecule is CCNC(=NCC(C(C)C)N1CCOCC1)NCCc1cn2ccccc2n1.I. The van der Waals surface area contributed by atoms with Gasteiger partial charge in [-0.05, 0) is 25.0 Å². The molecule has 0 radical (unpaired) electrons. The van der Waals surface area contributed by atoms with Crippen LogP contribution in [-0.4, -0.2) is 72.2 Å². The number of hydrogen-bond acceptors (Lipinski definition) is 4. The molecule has 0 bridgehead atoms. The Morgan fingerprint density at radius 2 is 2.03 bits per heavy atom. The number of halogens is 1. The number of nitrogens with one attached hydrogen (secondary N) is 2. The summed E-state index contributed by atoms with van der Waals surface area (Å²) in [6.07, 6.45) is 4.99. The molecule has 1 aliphatic heterocycles. The molecule has 0 aromatic carbocycles. The predicted molar refractivity (Wildman–Crippen MR) is 129 cm³/mol. The van der Waals surface area contributed by atoms with Gasteiger partial charge in [-0.2, -0.15) is 0 Å². The van der Waals surface area contributed by atoms with Crippen molar-refractivity contribution in [1.29, 1.82) is 0 Å². The van der Waals surface area contributed by atoms with Crippen LogP contribution in [0.2, 0.25) is 0 Å². The minimum absolute atomic E-state index is 0. The number of guanidine groups is 1. The molecular formula is C21H35IN6O. The summed E-state index contributed by atoms with van der Waals surface area (Å²) < 4.78 is 7.56. The average molecular weight is 514 g/mol. The van der Waals surface area contributed by atoms with E-state index < -0.39 is 0 Å². The van der Waals surface area contributed by atoms with Crippen LogP contribution in [0.1, 0.15) is 26.5 Å². The van der Waals surface area contributed by atoms with E-state index in [0.717, 1.165) is 69.7 Å². The first kappa shape index (κ1) is 23.9. The minimum Gasteiger partial charge on any atom is -0.379 e. The molecule has 1 aliphatic rings. The number of morpholine rings is 1. The Labute approximate surface area is 191 Å². The average Bonchev–Trinajstić information content (AvgIpc) is 3.11. The Morgan fingerprint density at radius 3 is 2.72 bits per heavy atom. The van der Waals surface area contributed by atoms with Crippen LogP contribution in [0.25, 0.3) is 5.65 Å². The summed E-state index contributed by atoms with van der Waals surface area (Å²) in [6.45, 7) is 12.7. The van der Waals surface area contributed by atoms with Crippen molar-refractivity contribution in [2.24, 2.45) is 10.9 Å². The Kier molecular flexibility index (Phi) is 10.2. The maximum Gasteiger partial charge on any atom is 0.191 e. The van der Waals surface area contributed by atoms with Crippen LogP contribution in [0.3, 0.4) is 0 Å². The third kappa shape index (κ3) is 7.11. The van der Waals surface area contributed by atoms with E-state index >= 15 is 0 Å². The number of aromatic nitrogens is 2. The van der Waals surface area contributed by atoms with E-state index in [1.165, 1.54) is 0 Å². The molecule has 162 valence electrons. The molecular weight excluding hydrogens is 479 g/mol.